The van der Waals surface area contributed by atoms with Crippen molar-refractivity contribution in [1.29, 1.82) is 0 Å². The predicted molar refractivity (Wildman–Crippen MR) is 93.0 cm³/mol. The zero-order chi connectivity index (χ0) is 18.8. The molecule has 138 valence electrons. The van der Waals surface area contributed by atoms with Crippen LogP contribution in [-0.2, 0) is 20.9 Å². The first-order valence-electron chi connectivity index (χ1n) is 8.32. The zero-order valence-electron chi connectivity index (χ0n) is 14.6. The second-order valence-electron chi connectivity index (χ2n) is 6.38. The van der Waals surface area contributed by atoms with Crippen molar-refractivity contribution in [3.8, 4) is 0 Å². The SMILES string of the molecule is CC(C)C[C@H](N[C@@H](CCC(=O)NCc1ccccc1)C(=O)O)C(=O)O. The summed E-state index contributed by atoms with van der Waals surface area (Å²) in [6.07, 6.45) is 0.349. The Bertz CT molecular complexity index is 574. The smallest absolute Gasteiger partial charge is 0.320 e. The Kier molecular flexibility index (Phi) is 8.63. The van der Waals surface area contributed by atoms with Crippen LogP contribution in [0.25, 0.3) is 0 Å². The zero-order valence-corrected chi connectivity index (χ0v) is 14.6. The molecule has 0 aliphatic rings. The van der Waals surface area contributed by atoms with Crippen molar-refractivity contribution in [1.82, 2.24) is 10.6 Å². The Morgan fingerprint density at radius 3 is 2.12 bits per heavy atom. The second kappa shape index (κ2) is 10.5. The molecule has 0 saturated heterocycles. The quantitative estimate of drug-likeness (QED) is 0.482. The highest BCUT2D eigenvalue weighted by atomic mass is 16.4. The van der Waals surface area contributed by atoms with Crippen LogP contribution >= 0.6 is 0 Å². The molecule has 0 heterocycles. The van der Waals surface area contributed by atoms with E-state index in [0.29, 0.717) is 13.0 Å². The van der Waals surface area contributed by atoms with E-state index in [1.54, 1.807) is 0 Å². The lowest BCUT2D eigenvalue weighted by Crippen LogP contribution is -2.48. The van der Waals surface area contributed by atoms with Crippen LogP contribution in [-0.4, -0.2) is 40.1 Å². The fraction of sp³-hybridized carbons (Fsp3) is 0.500. The van der Waals surface area contributed by atoms with Crippen LogP contribution in [0.4, 0.5) is 0 Å². The summed E-state index contributed by atoms with van der Waals surface area (Å²) in [5.41, 5.74) is 0.951. The fourth-order valence-electron chi connectivity index (χ4n) is 2.39. The van der Waals surface area contributed by atoms with Crippen molar-refractivity contribution < 1.29 is 24.6 Å². The first-order valence-corrected chi connectivity index (χ1v) is 8.32. The third kappa shape index (κ3) is 8.30. The molecule has 0 aliphatic carbocycles. The lowest BCUT2D eigenvalue weighted by molar-refractivity contribution is -0.143. The van der Waals surface area contributed by atoms with Crippen LogP contribution in [0.1, 0.15) is 38.7 Å². The third-order valence-corrected chi connectivity index (χ3v) is 3.70. The molecule has 0 bridgehead atoms. The summed E-state index contributed by atoms with van der Waals surface area (Å²) in [6, 6.07) is 7.34. The molecule has 1 aromatic carbocycles. The molecule has 2 atom stereocenters. The standard InChI is InChI=1S/C18H26N2O5/c1-12(2)10-15(18(24)25)20-14(17(22)23)8-9-16(21)19-11-13-6-4-3-5-7-13/h3-7,12,14-15,20H,8-11H2,1-2H3,(H,19,21)(H,22,23)(H,24,25)/t14-,15-/m0/s1. The van der Waals surface area contributed by atoms with Gasteiger partial charge in [-0.25, -0.2) is 0 Å². The van der Waals surface area contributed by atoms with Gasteiger partial charge in [0.25, 0.3) is 0 Å². The fourth-order valence-corrected chi connectivity index (χ4v) is 2.39. The maximum absolute atomic E-state index is 11.9. The molecule has 4 N–H and O–H groups in total. The lowest BCUT2D eigenvalue weighted by atomic mass is 10.0. The van der Waals surface area contributed by atoms with Crippen molar-refractivity contribution in [3.63, 3.8) is 0 Å². The second-order valence-corrected chi connectivity index (χ2v) is 6.38. The number of rotatable bonds is 11. The lowest BCUT2D eigenvalue weighted by Gasteiger charge is -2.21. The average Bonchev–Trinajstić information content (AvgIpc) is 2.55. The molecule has 0 saturated carbocycles. The molecule has 1 aromatic rings. The van der Waals surface area contributed by atoms with Gasteiger partial charge >= 0.3 is 11.9 Å². The van der Waals surface area contributed by atoms with E-state index in [2.05, 4.69) is 10.6 Å². The molecule has 0 radical (unpaired) electrons. The molecule has 7 nitrogen and oxygen atoms in total. The number of amides is 1. The maximum Gasteiger partial charge on any atom is 0.320 e. The van der Waals surface area contributed by atoms with Gasteiger partial charge < -0.3 is 15.5 Å². The summed E-state index contributed by atoms with van der Waals surface area (Å²) in [5, 5.41) is 23.8. The molecule has 1 rings (SSSR count). The molecule has 1 amide bonds. The number of carboxylic acid groups (broad SMARTS) is 2. The van der Waals surface area contributed by atoms with Crippen molar-refractivity contribution in [2.45, 2.75) is 51.7 Å². The largest absolute Gasteiger partial charge is 0.480 e. The van der Waals surface area contributed by atoms with Crippen LogP contribution in [0, 0.1) is 5.92 Å². The minimum absolute atomic E-state index is 0.00478. The van der Waals surface area contributed by atoms with Gasteiger partial charge in [-0.3, -0.25) is 19.7 Å². The molecule has 0 spiro atoms. The van der Waals surface area contributed by atoms with Gasteiger partial charge in [0.1, 0.15) is 12.1 Å². The van der Waals surface area contributed by atoms with Crippen molar-refractivity contribution in [2.75, 3.05) is 0 Å². The first kappa shape index (κ1) is 20.6. The molecule has 0 fully saturated rings. The van der Waals surface area contributed by atoms with Crippen molar-refractivity contribution >= 4 is 17.8 Å². The van der Waals surface area contributed by atoms with Crippen LogP contribution < -0.4 is 10.6 Å². The monoisotopic (exact) mass is 350 g/mol. The van der Waals surface area contributed by atoms with Gasteiger partial charge in [0.2, 0.25) is 5.91 Å². The Labute approximate surface area is 147 Å². The molecular formula is C18H26N2O5. The van der Waals surface area contributed by atoms with Crippen LogP contribution in [0.15, 0.2) is 30.3 Å². The minimum atomic E-state index is -1.16. The van der Waals surface area contributed by atoms with E-state index >= 15 is 0 Å². The van der Waals surface area contributed by atoms with Gasteiger partial charge in [-0.05, 0) is 24.3 Å². The Morgan fingerprint density at radius 1 is 1.00 bits per heavy atom. The van der Waals surface area contributed by atoms with Crippen molar-refractivity contribution in [2.24, 2.45) is 5.92 Å². The van der Waals surface area contributed by atoms with E-state index in [4.69, 9.17) is 0 Å². The summed E-state index contributed by atoms with van der Waals surface area (Å²) in [4.78, 5) is 34.5. The maximum atomic E-state index is 11.9. The van der Waals surface area contributed by atoms with Crippen LogP contribution in [0.2, 0.25) is 0 Å². The summed E-state index contributed by atoms with van der Waals surface area (Å²) in [6.45, 7) is 4.10. The number of carbonyl (C=O) groups is 3. The molecule has 0 unspecified atom stereocenters. The third-order valence-electron chi connectivity index (χ3n) is 3.70. The van der Waals surface area contributed by atoms with E-state index in [9.17, 15) is 24.6 Å². The number of hydrogen-bond acceptors (Lipinski definition) is 4. The minimum Gasteiger partial charge on any atom is -0.480 e. The number of carboxylic acids is 2. The summed E-state index contributed by atoms with van der Waals surface area (Å²) in [5.74, 6) is -2.41. The highest BCUT2D eigenvalue weighted by Gasteiger charge is 2.26. The summed E-state index contributed by atoms with van der Waals surface area (Å²) >= 11 is 0. The van der Waals surface area contributed by atoms with E-state index in [0.717, 1.165) is 5.56 Å². The number of nitrogens with one attached hydrogen (secondary N) is 2. The molecular weight excluding hydrogens is 324 g/mol. The Balaban J connectivity index is 2.49. The molecule has 0 aromatic heterocycles. The van der Waals surface area contributed by atoms with Gasteiger partial charge in [0, 0.05) is 13.0 Å². The number of carbonyl (C=O) groups excluding carboxylic acids is 1. The van der Waals surface area contributed by atoms with Gasteiger partial charge in [0.15, 0.2) is 0 Å². The van der Waals surface area contributed by atoms with Crippen molar-refractivity contribution in [3.05, 3.63) is 35.9 Å². The molecule has 7 heteroatoms. The van der Waals surface area contributed by atoms with Crippen LogP contribution in [0.3, 0.4) is 0 Å². The molecule has 25 heavy (non-hydrogen) atoms. The highest BCUT2D eigenvalue weighted by Crippen LogP contribution is 2.08. The van der Waals surface area contributed by atoms with Gasteiger partial charge in [0.05, 0.1) is 0 Å². The van der Waals surface area contributed by atoms with Gasteiger partial charge in [-0.2, -0.15) is 0 Å². The Hall–Kier alpha value is -2.41. The van der Waals surface area contributed by atoms with E-state index in [1.165, 1.54) is 0 Å². The average molecular weight is 350 g/mol. The highest BCUT2D eigenvalue weighted by molar-refractivity contribution is 5.79. The molecule has 0 aliphatic heterocycles. The number of benzene rings is 1. The van der Waals surface area contributed by atoms with Gasteiger partial charge in [-0.1, -0.05) is 44.2 Å². The topological polar surface area (TPSA) is 116 Å². The van der Waals surface area contributed by atoms with Crippen LogP contribution in [0.5, 0.6) is 0 Å². The predicted octanol–water partition coefficient (Wildman–Crippen LogP) is 1.63. The normalized spacial score (nSPS) is 13.2. The summed E-state index contributed by atoms with van der Waals surface area (Å²) in [7, 11) is 0. The van der Waals surface area contributed by atoms with E-state index < -0.39 is 24.0 Å². The Morgan fingerprint density at radius 2 is 1.60 bits per heavy atom. The van der Waals surface area contributed by atoms with E-state index in [-0.39, 0.29) is 24.7 Å². The van der Waals surface area contributed by atoms with E-state index in [1.807, 2.05) is 44.2 Å². The number of aliphatic carboxylic acids is 2. The van der Waals surface area contributed by atoms with Gasteiger partial charge in [-0.15, -0.1) is 0 Å². The summed E-state index contributed by atoms with van der Waals surface area (Å²) < 4.78 is 0. The first-order chi connectivity index (χ1) is 11.8. The number of hydrogen-bond donors (Lipinski definition) is 4.